The lowest BCUT2D eigenvalue weighted by molar-refractivity contribution is -0.139. The summed E-state index contributed by atoms with van der Waals surface area (Å²) in [4.78, 5) is 12.2. The van der Waals surface area contributed by atoms with Crippen molar-refractivity contribution < 1.29 is 27.1 Å². The molecule has 0 fully saturated rings. The van der Waals surface area contributed by atoms with Crippen molar-refractivity contribution in [3.05, 3.63) is 46.3 Å². The number of rotatable bonds is 1. The van der Waals surface area contributed by atoms with Crippen LogP contribution in [-0.2, 0) is 10.9 Å². The summed E-state index contributed by atoms with van der Waals surface area (Å²) in [6, 6.07) is 4.01. The monoisotopic (exact) mass is 407 g/mol. The minimum Gasteiger partial charge on any atom is -0.443 e. The molecule has 0 radical (unpaired) electrons. The van der Waals surface area contributed by atoms with E-state index < -0.39 is 29.3 Å². The maximum absolute atomic E-state index is 13.4. The van der Waals surface area contributed by atoms with Crippen molar-refractivity contribution in [1.29, 1.82) is 0 Å². The fraction of sp³-hybridized carbons (Fsp3) is 0.312. The lowest BCUT2D eigenvalue weighted by Crippen LogP contribution is -2.27. The van der Waals surface area contributed by atoms with Gasteiger partial charge in [-0.2, -0.15) is 13.2 Å². The zero-order chi connectivity index (χ0) is 18.3. The van der Waals surface area contributed by atoms with E-state index in [1.165, 1.54) is 18.3 Å². The molecule has 3 nitrogen and oxygen atoms in total. The number of aromatic nitrogens is 1. The summed E-state index contributed by atoms with van der Waals surface area (Å²) in [5, 5.41) is 0. The molecule has 0 unspecified atom stereocenters. The van der Waals surface area contributed by atoms with E-state index in [-0.39, 0.29) is 11.3 Å². The molecule has 0 saturated carbocycles. The second-order valence-corrected chi connectivity index (χ2v) is 7.00. The fourth-order valence-corrected chi connectivity index (χ4v) is 2.44. The molecule has 8 heteroatoms. The molecule has 0 N–H and O–H groups in total. The van der Waals surface area contributed by atoms with E-state index in [1.807, 2.05) is 0 Å². The van der Waals surface area contributed by atoms with Gasteiger partial charge < -0.3 is 4.74 Å². The number of alkyl halides is 3. The molecule has 1 aromatic heterocycles. The largest absolute Gasteiger partial charge is 0.443 e. The molecule has 0 aliphatic rings. The molecule has 24 heavy (non-hydrogen) atoms. The minimum atomic E-state index is -4.83. The van der Waals surface area contributed by atoms with Crippen molar-refractivity contribution in [2.45, 2.75) is 32.5 Å². The molecule has 0 atom stereocenters. The van der Waals surface area contributed by atoms with Crippen LogP contribution in [0.2, 0.25) is 0 Å². The Morgan fingerprint density at radius 3 is 2.33 bits per heavy atom. The second kappa shape index (κ2) is 6.23. The number of hydrogen-bond donors (Lipinski definition) is 0. The first-order valence-electron chi connectivity index (χ1n) is 6.87. The van der Waals surface area contributed by atoms with E-state index >= 15 is 0 Å². The molecule has 130 valence electrons. The van der Waals surface area contributed by atoms with E-state index in [0.717, 1.165) is 10.6 Å². The first-order valence-corrected chi connectivity index (χ1v) is 7.66. The molecule has 0 aliphatic carbocycles. The number of carbonyl (C=O) groups is 1. The number of carbonyl (C=O) groups excluding carboxylic acids is 1. The van der Waals surface area contributed by atoms with Gasteiger partial charge in [-0.15, -0.1) is 0 Å². The highest BCUT2D eigenvalue weighted by molar-refractivity contribution is 9.10. The zero-order valence-corrected chi connectivity index (χ0v) is 14.6. The fourth-order valence-electron chi connectivity index (χ4n) is 2.02. The lowest BCUT2D eigenvalue weighted by Gasteiger charge is -2.20. The quantitative estimate of drug-likeness (QED) is 0.554. The SMILES string of the molecule is CC(C)(C)OC(=O)n1cc(Br)cc1-c1ccc(F)c(C(F)(F)F)c1. The summed E-state index contributed by atoms with van der Waals surface area (Å²) >= 11 is 3.18. The second-order valence-electron chi connectivity index (χ2n) is 6.09. The van der Waals surface area contributed by atoms with Crippen molar-refractivity contribution in [2.75, 3.05) is 0 Å². The third kappa shape index (κ3) is 4.17. The average molecular weight is 408 g/mol. The Balaban J connectivity index is 2.53. The van der Waals surface area contributed by atoms with Crippen LogP contribution in [0, 0.1) is 5.82 Å². The first-order chi connectivity index (χ1) is 10.9. The smallest absolute Gasteiger partial charge is 0.419 e. The average Bonchev–Trinajstić information content (AvgIpc) is 2.78. The molecule has 1 aromatic carbocycles. The molecular weight excluding hydrogens is 394 g/mol. The predicted molar refractivity (Wildman–Crippen MR) is 84.2 cm³/mol. The maximum Gasteiger partial charge on any atom is 0.419 e. The molecule has 0 saturated heterocycles. The molecular formula is C16H14BrF4NO2. The number of nitrogens with zero attached hydrogens (tertiary/aromatic N) is 1. The van der Waals surface area contributed by atoms with Gasteiger partial charge in [0.1, 0.15) is 11.4 Å². The van der Waals surface area contributed by atoms with Crippen LogP contribution in [0.25, 0.3) is 11.3 Å². The highest BCUT2D eigenvalue weighted by atomic mass is 79.9. The first kappa shape index (κ1) is 18.5. The van der Waals surface area contributed by atoms with Crippen LogP contribution in [0.4, 0.5) is 22.4 Å². The Kier molecular flexibility index (Phi) is 4.81. The van der Waals surface area contributed by atoms with Gasteiger partial charge in [0.25, 0.3) is 0 Å². The van der Waals surface area contributed by atoms with E-state index in [2.05, 4.69) is 15.9 Å². The summed E-state index contributed by atoms with van der Waals surface area (Å²) < 4.78 is 58.9. The van der Waals surface area contributed by atoms with Crippen LogP contribution in [0.15, 0.2) is 34.9 Å². The van der Waals surface area contributed by atoms with Gasteiger partial charge in [0.05, 0.1) is 11.3 Å². The summed E-state index contributed by atoms with van der Waals surface area (Å²) in [5.41, 5.74) is -1.97. The van der Waals surface area contributed by atoms with Gasteiger partial charge in [-0.25, -0.2) is 9.18 Å². The Morgan fingerprint density at radius 2 is 1.79 bits per heavy atom. The highest BCUT2D eigenvalue weighted by Crippen LogP contribution is 2.35. The molecule has 2 rings (SSSR count). The van der Waals surface area contributed by atoms with Crippen molar-refractivity contribution in [2.24, 2.45) is 0 Å². The Labute approximate surface area is 144 Å². The van der Waals surface area contributed by atoms with E-state index in [9.17, 15) is 22.4 Å². The summed E-state index contributed by atoms with van der Waals surface area (Å²) in [7, 11) is 0. The van der Waals surface area contributed by atoms with Gasteiger partial charge in [-0.3, -0.25) is 4.57 Å². The standard InChI is InChI=1S/C16H14BrF4NO2/c1-15(2,3)24-14(23)22-8-10(17)7-13(22)9-4-5-12(18)11(6-9)16(19,20)21/h4-8H,1-3H3. The van der Waals surface area contributed by atoms with Crippen molar-refractivity contribution >= 4 is 22.0 Å². The molecule has 0 aliphatic heterocycles. The van der Waals surface area contributed by atoms with Gasteiger partial charge in [0.2, 0.25) is 0 Å². The summed E-state index contributed by atoms with van der Waals surface area (Å²) in [6.45, 7) is 5.01. The van der Waals surface area contributed by atoms with Gasteiger partial charge in [0.15, 0.2) is 0 Å². The molecule has 0 amide bonds. The zero-order valence-electron chi connectivity index (χ0n) is 13.0. The third-order valence-corrected chi connectivity index (χ3v) is 3.38. The molecule has 1 heterocycles. The van der Waals surface area contributed by atoms with Crippen molar-refractivity contribution in [1.82, 2.24) is 4.57 Å². The number of hydrogen-bond acceptors (Lipinski definition) is 2. The lowest BCUT2D eigenvalue weighted by atomic mass is 10.1. The number of ether oxygens (including phenoxy) is 1. The van der Waals surface area contributed by atoms with E-state index in [0.29, 0.717) is 10.5 Å². The maximum atomic E-state index is 13.4. The predicted octanol–water partition coefficient (Wildman–Crippen LogP) is 5.86. The molecule has 0 bridgehead atoms. The van der Waals surface area contributed by atoms with Crippen LogP contribution in [0.3, 0.4) is 0 Å². The van der Waals surface area contributed by atoms with Gasteiger partial charge in [-0.1, -0.05) is 0 Å². The van der Waals surface area contributed by atoms with Crippen LogP contribution in [-0.4, -0.2) is 16.3 Å². The highest BCUT2D eigenvalue weighted by Gasteiger charge is 2.34. The summed E-state index contributed by atoms with van der Waals surface area (Å²) in [6.07, 6.45) is -4.21. The minimum absolute atomic E-state index is 0.0419. The van der Waals surface area contributed by atoms with E-state index in [1.54, 1.807) is 20.8 Å². The molecule has 0 spiro atoms. The Bertz CT molecular complexity index is 775. The number of halogens is 5. The topological polar surface area (TPSA) is 31.2 Å². The number of benzene rings is 1. The third-order valence-electron chi connectivity index (χ3n) is 2.94. The van der Waals surface area contributed by atoms with Crippen LogP contribution < -0.4 is 0 Å². The molecule has 2 aromatic rings. The van der Waals surface area contributed by atoms with Gasteiger partial charge >= 0.3 is 12.3 Å². The van der Waals surface area contributed by atoms with Gasteiger partial charge in [-0.05, 0) is 66.5 Å². The van der Waals surface area contributed by atoms with Crippen LogP contribution in [0.1, 0.15) is 26.3 Å². The summed E-state index contributed by atoms with van der Waals surface area (Å²) in [5.74, 6) is -1.37. The Morgan fingerprint density at radius 1 is 1.17 bits per heavy atom. The normalized spacial score (nSPS) is 12.3. The van der Waals surface area contributed by atoms with Gasteiger partial charge in [0, 0.05) is 10.7 Å². The Hall–Kier alpha value is -1.83. The van der Waals surface area contributed by atoms with Crippen LogP contribution in [0.5, 0.6) is 0 Å². The van der Waals surface area contributed by atoms with E-state index in [4.69, 9.17) is 4.74 Å². The van der Waals surface area contributed by atoms with Crippen LogP contribution >= 0.6 is 15.9 Å². The van der Waals surface area contributed by atoms with Crippen molar-refractivity contribution in [3.63, 3.8) is 0 Å². The van der Waals surface area contributed by atoms with Crippen molar-refractivity contribution in [3.8, 4) is 11.3 Å².